The largest absolute Gasteiger partial charge is 0.360 e. The topological polar surface area (TPSA) is 90.0 Å². The average molecular weight is 567 g/mol. The summed E-state index contributed by atoms with van der Waals surface area (Å²) >= 11 is 12.9. The molecule has 0 saturated carbocycles. The van der Waals surface area contributed by atoms with E-state index in [1.165, 1.54) is 25.6 Å². The maximum Gasteiger partial charge on any atom is 0.255 e. The summed E-state index contributed by atoms with van der Waals surface area (Å²) < 4.78 is 0. The van der Waals surface area contributed by atoms with Gasteiger partial charge in [0.1, 0.15) is 18.0 Å². The van der Waals surface area contributed by atoms with Crippen LogP contribution in [0.2, 0.25) is 10.0 Å². The van der Waals surface area contributed by atoms with Crippen LogP contribution in [0.4, 0.5) is 5.82 Å². The molecule has 2 aliphatic rings. The Kier molecular flexibility index (Phi) is 7.60. The van der Waals surface area contributed by atoms with Crippen molar-refractivity contribution in [2.75, 3.05) is 31.5 Å². The van der Waals surface area contributed by atoms with Crippen molar-refractivity contribution in [1.29, 1.82) is 0 Å². The number of hydrogen-bond acceptors (Lipinski definition) is 6. The number of likely N-dealkylation sites (tertiary alicyclic amines) is 2. The van der Waals surface area contributed by atoms with Crippen LogP contribution in [0.25, 0.3) is 21.9 Å². The summed E-state index contributed by atoms with van der Waals surface area (Å²) in [4.78, 5) is 35.4. The van der Waals surface area contributed by atoms with Gasteiger partial charge in [0.15, 0.2) is 0 Å². The molecule has 2 fully saturated rings. The first kappa shape index (κ1) is 26.3. The van der Waals surface area contributed by atoms with Gasteiger partial charge in [0.25, 0.3) is 5.91 Å². The molecule has 0 bridgehead atoms. The summed E-state index contributed by atoms with van der Waals surface area (Å²) in [6.07, 6.45) is 8.53. The van der Waals surface area contributed by atoms with Gasteiger partial charge in [-0.05, 0) is 82.4 Å². The summed E-state index contributed by atoms with van der Waals surface area (Å²) in [7, 11) is 0. The summed E-state index contributed by atoms with van der Waals surface area (Å²) in [6, 6.07) is 9.26. The van der Waals surface area contributed by atoms with E-state index in [4.69, 9.17) is 23.2 Å². The first-order chi connectivity index (χ1) is 19.0. The second-order valence-electron chi connectivity index (χ2n) is 10.7. The lowest BCUT2D eigenvalue weighted by Gasteiger charge is -2.40. The quantitative estimate of drug-likeness (QED) is 0.278. The number of anilines is 1. The first-order valence-corrected chi connectivity index (χ1v) is 14.6. The number of carbonyl (C=O) groups excluding carboxylic acids is 1. The van der Waals surface area contributed by atoms with Crippen LogP contribution in [-0.4, -0.2) is 67.9 Å². The molecular weight excluding hydrogens is 533 g/mol. The monoisotopic (exact) mass is 565 g/mol. The van der Waals surface area contributed by atoms with Crippen LogP contribution in [0.15, 0.2) is 36.7 Å². The third kappa shape index (κ3) is 5.55. The summed E-state index contributed by atoms with van der Waals surface area (Å²) in [6.45, 7) is 5.97. The van der Waals surface area contributed by atoms with Crippen LogP contribution in [-0.2, 0) is 0 Å². The van der Waals surface area contributed by atoms with Crippen LogP contribution in [0.5, 0.6) is 0 Å². The molecule has 4 heterocycles. The molecule has 8 nitrogen and oxygen atoms in total. The van der Waals surface area contributed by atoms with Gasteiger partial charge in [-0.2, -0.15) is 0 Å². The highest BCUT2D eigenvalue weighted by Crippen LogP contribution is 2.31. The average Bonchev–Trinajstić information content (AvgIpc) is 3.37. The van der Waals surface area contributed by atoms with E-state index in [2.05, 4.69) is 30.2 Å². The Hall–Kier alpha value is -2.94. The SMILES string of the molecule is CC(Nc1ncnc2cc(C(=O)N3CCCCC3CN3CCCCC3)c(Cl)cc12)c1nc2cc(Cl)ccc2[nH]1. The van der Waals surface area contributed by atoms with Crippen molar-refractivity contribution in [2.24, 2.45) is 0 Å². The molecular formula is C29H33Cl2N7O. The van der Waals surface area contributed by atoms with E-state index in [-0.39, 0.29) is 18.0 Å². The Labute approximate surface area is 238 Å². The third-order valence-electron chi connectivity index (χ3n) is 7.99. The van der Waals surface area contributed by atoms with Crippen LogP contribution < -0.4 is 5.32 Å². The van der Waals surface area contributed by atoms with E-state index in [1.54, 1.807) is 6.07 Å². The van der Waals surface area contributed by atoms with Crippen molar-refractivity contribution in [3.8, 4) is 0 Å². The van der Waals surface area contributed by atoms with E-state index in [0.717, 1.165) is 67.7 Å². The number of H-pyrrole nitrogens is 1. The predicted octanol–water partition coefficient (Wildman–Crippen LogP) is 6.47. The Morgan fingerprint density at radius 1 is 1.05 bits per heavy atom. The molecule has 2 aromatic carbocycles. The van der Waals surface area contributed by atoms with Gasteiger partial charge in [-0.3, -0.25) is 4.79 Å². The van der Waals surface area contributed by atoms with Crippen molar-refractivity contribution >= 4 is 56.9 Å². The van der Waals surface area contributed by atoms with Crippen LogP contribution in [0.1, 0.15) is 67.7 Å². The number of fused-ring (bicyclic) bond motifs is 2. The van der Waals surface area contributed by atoms with Gasteiger partial charge in [-0.25, -0.2) is 15.0 Å². The minimum absolute atomic E-state index is 0.00830. The highest BCUT2D eigenvalue weighted by Gasteiger charge is 2.31. The normalized spacial score (nSPS) is 19.5. The molecule has 0 spiro atoms. The van der Waals surface area contributed by atoms with Crippen molar-refractivity contribution < 1.29 is 4.79 Å². The zero-order valence-corrected chi connectivity index (χ0v) is 23.6. The van der Waals surface area contributed by atoms with E-state index in [1.807, 2.05) is 36.1 Å². The number of aromatic nitrogens is 4. The second-order valence-corrected chi connectivity index (χ2v) is 11.6. The Bertz CT molecular complexity index is 1500. The number of carbonyl (C=O) groups is 1. The van der Waals surface area contributed by atoms with Crippen LogP contribution in [0, 0.1) is 0 Å². The minimum atomic E-state index is -0.168. The van der Waals surface area contributed by atoms with Crippen LogP contribution in [0.3, 0.4) is 0 Å². The Morgan fingerprint density at radius 3 is 2.72 bits per heavy atom. The number of piperidine rings is 2. The van der Waals surface area contributed by atoms with E-state index in [0.29, 0.717) is 26.9 Å². The number of benzene rings is 2. The molecule has 204 valence electrons. The van der Waals surface area contributed by atoms with Crippen molar-refractivity contribution in [2.45, 2.75) is 57.5 Å². The fourth-order valence-corrected chi connectivity index (χ4v) is 6.30. The van der Waals surface area contributed by atoms with Crippen LogP contribution >= 0.6 is 23.2 Å². The lowest BCUT2D eigenvalue weighted by Crippen LogP contribution is -2.50. The molecule has 2 aromatic heterocycles. The number of aromatic amines is 1. The number of amides is 1. The molecule has 2 N–H and O–H groups in total. The molecule has 2 unspecified atom stereocenters. The molecule has 2 saturated heterocycles. The molecule has 10 heteroatoms. The molecule has 39 heavy (non-hydrogen) atoms. The molecule has 2 atom stereocenters. The highest BCUT2D eigenvalue weighted by molar-refractivity contribution is 6.35. The first-order valence-electron chi connectivity index (χ1n) is 13.9. The fraction of sp³-hybridized carbons (Fsp3) is 0.448. The molecule has 2 aliphatic heterocycles. The van der Waals surface area contributed by atoms with Crippen molar-refractivity contribution in [3.05, 3.63) is 58.1 Å². The molecule has 6 rings (SSSR count). The lowest BCUT2D eigenvalue weighted by atomic mass is 9.99. The Balaban J connectivity index is 1.24. The van der Waals surface area contributed by atoms with Gasteiger partial charge >= 0.3 is 0 Å². The van der Waals surface area contributed by atoms with E-state index in [9.17, 15) is 4.79 Å². The smallest absolute Gasteiger partial charge is 0.255 e. The number of imidazole rings is 1. The number of rotatable bonds is 6. The number of halogens is 2. The van der Waals surface area contributed by atoms with Gasteiger partial charge in [-0.15, -0.1) is 0 Å². The zero-order chi connectivity index (χ0) is 26.9. The van der Waals surface area contributed by atoms with Gasteiger partial charge in [-0.1, -0.05) is 29.6 Å². The minimum Gasteiger partial charge on any atom is -0.360 e. The van der Waals surface area contributed by atoms with Crippen molar-refractivity contribution in [1.82, 2.24) is 29.7 Å². The fourth-order valence-electron chi connectivity index (χ4n) is 5.89. The van der Waals surface area contributed by atoms with Gasteiger partial charge in [0.2, 0.25) is 0 Å². The Morgan fingerprint density at radius 2 is 1.87 bits per heavy atom. The van der Waals surface area contributed by atoms with E-state index < -0.39 is 0 Å². The maximum atomic E-state index is 13.8. The van der Waals surface area contributed by atoms with Crippen molar-refractivity contribution in [3.63, 3.8) is 0 Å². The second kappa shape index (κ2) is 11.3. The molecule has 4 aromatic rings. The number of nitrogens with zero attached hydrogens (tertiary/aromatic N) is 5. The molecule has 0 radical (unpaired) electrons. The van der Waals surface area contributed by atoms with Gasteiger partial charge < -0.3 is 20.1 Å². The molecule has 0 aliphatic carbocycles. The highest BCUT2D eigenvalue weighted by atomic mass is 35.5. The van der Waals surface area contributed by atoms with E-state index >= 15 is 0 Å². The van der Waals surface area contributed by atoms with Gasteiger partial charge in [0.05, 0.1) is 33.2 Å². The zero-order valence-electron chi connectivity index (χ0n) is 22.1. The summed E-state index contributed by atoms with van der Waals surface area (Å²) in [5.74, 6) is 1.39. The third-order valence-corrected chi connectivity index (χ3v) is 8.53. The maximum absolute atomic E-state index is 13.8. The lowest BCUT2D eigenvalue weighted by molar-refractivity contribution is 0.0529. The van der Waals surface area contributed by atoms with Gasteiger partial charge in [0, 0.05) is 29.5 Å². The summed E-state index contributed by atoms with van der Waals surface area (Å²) in [5, 5.41) is 5.25. The number of hydrogen-bond donors (Lipinski definition) is 2. The summed E-state index contributed by atoms with van der Waals surface area (Å²) in [5.41, 5.74) is 2.90. The molecule has 1 amide bonds. The number of nitrogens with one attached hydrogen (secondary N) is 2. The standard InChI is InChI=1S/C29H33Cl2N7O/c1-18(27-35-24-9-8-19(30)13-26(24)36-27)34-28-22-14-23(31)21(15-25(22)32-17-33-28)29(39)38-12-6-3-7-20(38)16-37-10-4-2-5-11-37/h8-9,13-15,17-18,20H,2-7,10-12,16H2,1H3,(H,35,36)(H,32,33,34). The predicted molar refractivity (Wildman–Crippen MR) is 157 cm³/mol.